The van der Waals surface area contributed by atoms with Gasteiger partial charge in [0, 0.05) is 7.05 Å². The summed E-state index contributed by atoms with van der Waals surface area (Å²) in [6, 6.07) is 0. The maximum Gasteiger partial charge on any atom is 0.171 e. The van der Waals surface area contributed by atoms with Crippen LogP contribution in [-0.4, -0.2) is 24.2 Å². The number of nitrogens with zero attached hydrogens (tertiary/aromatic N) is 1. The molecule has 1 N–H and O–H groups in total. The summed E-state index contributed by atoms with van der Waals surface area (Å²) in [5.41, 5.74) is 0.851. The number of rotatable bonds is 5. The summed E-state index contributed by atoms with van der Waals surface area (Å²) in [6.45, 7) is 5.33. The van der Waals surface area contributed by atoms with E-state index in [1.54, 1.807) is 24.3 Å². The summed E-state index contributed by atoms with van der Waals surface area (Å²) in [5, 5.41) is 9.45. The Labute approximate surface area is 89.8 Å². The second-order valence-electron chi connectivity index (χ2n) is 2.79. The highest BCUT2D eigenvalue weighted by molar-refractivity contribution is 6.35. The third-order valence-electron chi connectivity index (χ3n) is 1.59. The van der Waals surface area contributed by atoms with E-state index in [1.165, 1.54) is 13.1 Å². The van der Waals surface area contributed by atoms with E-state index in [1.807, 2.05) is 6.92 Å². The minimum Gasteiger partial charge on any atom is -0.506 e. The van der Waals surface area contributed by atoms with Crippen LogP contribution < -0.4 is 0 Å². The molecule has 0 bridgehead atoms. The number of hydrogen-bond donors (Lipinski definition) is 1. The average Bonchev–Trinajstić information content (AvgIpc) is 2.20. The Morgan fingerprint density at radius 1 is 1.40 bits per heavy atom. The molecule has 0 saturated heterocycles. The molecule has 80 valence electrons. The quantitative estimate of drug-likeness (QED) is 0.324. The first-order valence-electron chi connectivity index (χ1n) is 4.44. The van der Waals surface area contributed by atoms with Gasteiger partial charge in [0.2, 0.25) is 0 Å². The summed E-state index contributed by atoms with van der Waals surface area (Å²) in [5.74, 6) is -0.131. The fraction of sp³-hybridized carbons (Fsp3) is 0.167. The number of hydrogen-bond acceptors (Lipinski definition) is 3. The van der Waals surface area contributed by atoms with Crippen molar-refractivity contribution < 1.29 is 9.90 Å². The van der Waals surface area contributed by atoms with E-state index >= 15 is 0 Å². The Morgan fingerprint density at radius 2 is 2.07 bits per heavy atom. The lowest BCUT2D eigenvalue weighted by Gasteiger charge is -1.96. The van der Waals surface area contributed by atoms with E-state index in [9.17, 15) is 9.90 Å². The zero-order valence-corrected chi connectivity index (χ0v) is 8.97. The van der Waals surface area contributed by atoms with Crippen LogP contribution in [0.15, 0.2) is 53.3 Å². The van der Waals surface area contributed by atoms with E-state index in [0.717, 1.165) is 5.57 Å². The predicted octanol–water partition coefficient (Wildman–Crippen LogP) is 2.39. The second-order valence-corrected chi connectivity index (χ2v) is 2.79. The zero-order chi connectivity index (χ0) is 11.7. The van der Waals surface area contributed by atoms with Gasteiger partial charge in [-0.15, -0.1) is 0 Å². The summed E-state index contributed by atoms with van der Waals surface area (Å²) in [4.78, 5) is 14.1. The molecule has 0 radical (unpaired) electrons. The van der Waals surface area contributed by atoms with E-state index in [2.05, 4.69) is 11.6 Å². The van der Waals surface area contributed by atoms with E-state index in [4.69, 9.17) is 0 Å². The number of carbonyl (C=O) groups is 1. The molecule has 0 fully saturated rings. The van der Waals surface area contributed by atoms with E-state index in [-0.39, 0.29) is 11.5 Å². The number of aldehydes is 1. The van der Waals surface area contributed by atoms with Crippen molar-refractivity contribution in [2.24, 2.45) is 4.99 Å². The van der Waals surface area contributed by atoms with Crippen molar-refractivity contribution in [3.05, 3.63) is 48.3 Å². The monoisotopic (exact) mass is 205 g/mol. The summed E-state index contributed by atoms with van der Waals surface area (Å²) < 4.78 is 0. The summed E-state index contributed by atoms with van der Waals surface area (Å²) in [6.07, 6.45) is 8.98. The highest BCUT2D eigenvalue weighted by Crippen LogP contribution is 2.01. The summed E-state index contributed by atoms with van der Waals surface area (Å²) >= 11 is 0. The topological polar surface area (TPSA) is 49.7 Å². The first-order chi connectivity index (χ1) is 7.15. The Bertz CT molecular complexity index is 347. The molecule has 0 unspecified atom stereocenters. The molecule has 0 amide bonds. The molecule has 0 rings (SSSR count). The molecule has 0 heterocycles. The van der Waals surface area contributed by atoms with Crippen molar-refractivity contribution in [2.45, 2.75) is 6.92 Å². The molecule has 0 aromatic carbocycles. The van der Waals surface area contributed by atoms with Gasteiger partial charge in [-0.1, -0.05) is 30.9 Å². The van der Waals surface area contributed by atoms with Crippen molar-refractivity contribution in [3.63, 3.8) is 0 Å². The lowest BCUT2D eigenvalue weighted by Crippen LogP contribution is -2.03. The predicted molar refractivity (Wildman–Crippen MR) is 63.2 cm³/mol. The van der Waals surface area contributed by atoms with Crippen LogP contribution in [0.4, 0.5) is 0 Å². The molecule has 3 heteroatoms. The largest absolute Gasteiger partial charge is 0.506 e. The fourth-order valence-corrected chi connectivity index (χ4v) is 0.851. The lowest BCUT2D eigenvalue weighted by atomic mass is 10.2. The van der Waals surface area contributed by atoms with Gasteiger partial charge >= 0.3 is 0 Å². The minimum atomic E-state index is -0.131. The van der Waals surface area contributed by atoms with Crippen LogP contribution in [0.2, 0.25) is 0 Å². The molecule has 0 aromatic heterocycles. The lowest BCUT2D eigenvalue weighted by molar-refractivity contribution is -0.102. The van der Waals surface area contributed by atoms with Crippen molar-refractivity contribution in [1.82, 2.24) is 0 Å². The number of carbonyl (C=O) groups excluding carboxylic acids is 1. The van der Waals surface area contributed by atoms with Crippen molar-refractivity contribution in [1.29, 1.82) is 0 Å². The van der Waals surface area contributed by atoms with E-state index in [0.29, 0.717) is 6.29 Å². The highest BCUT2D eigenvalue weighted by atomic mass is 16.3. The van der Waals surface area contributed by atoms with Crippen molar-refractivity contribution >= 4 is 12.0 Å². The van der Waals surface area contributed by atoms with Crippen molar-refractivity contribution in [3.8, 4) is 0 Å². The van der Waals surface area contributed by atoms with Gasteiger partial charge < -0.3 is 5.11 Å². The number of aliphatic imine (C=N–C) groups is 1. The molecule has 3 nitrogen and oxygen atoms in total. The molecular formula is C12H15NO2. The Kier molecular flexibility index (Phi) is 6.55. The number of aliphatic hydroxyl groups excluding tert-OH is 1. The fourth-order valence-electron chi connectivity index (χ4n) is 0.851. The third kappa shape index (κ3) is 5.41. The average molecular weight is 205 g/mol. The van der Waals surface area contributed by atoms with Gasteiger partial charge in [0.15, 0.2) is 6.29 Å². The molecular weight excluding hydrogens is 190 g/mol. The zero-order valence-electron chi connectivity index (χ0n) is 8.97. The molecule has 15 heavy (non-hydrogen) atoms. The Morgan fingerprint density at radius 3 is 2.53 bits per heavy atom. The first kappa shape index (κ1) is 13.1. The molecule has 0 spiro atoms. The van der Waals surface area contributed by atoms with Crippen LogP contribution in [0, 0.1) is 0 Å². The van der Waals surface area contributed by atoms with Gasteiger partial charge in [-0.25, -0.2) is 0 Å². The maximum absolute atomic E-state index is 10.4. The second kappa shape index (κ2) is 7.50. The minimum absolute atomic E-state index is 0.0375. The molecule has 0 aliphatic heterocycles. The molecule has 0 aliphatic carbocycles. The van der Waals surface area contributed by atoms with Crippen LogP contribution in [0.1, 0.15) is 6.92 Å². The smallest absolute Gasteiger partial charge is 0.171 e. The number of aliphatic hydroxyl groups is 1. The molecule has 0 aromatic rings. The molecule has 0 saturated carbocycles. The molecule has 0 atom stereocenters. The highest BCUT2D eigenvalue weighted by Gasteiger charge is 2.01. The van der Waals surface area contributed by atoms with Gasteiger partial charge in [-0.2, -0.15) is 0 Å². The van der Waals surface area contributed by atoms with Crippen LogP contribution in [0.25, 0.3) is 0 Å². The first-order valence-corrected chi connectivity index (χ1v) is 4.44. The van der Waals surface area contributed by atoms with Crippen LogP contribution >= 0.6 is 0 Å². The summed E-state index contributed by atoms with van der Waals surface area (Å²) in [7, 11) is 1.45. The third-order valence-corrected chi connectivity index (χ3v) is 1.59. The van der Waals surface area contributed by atoms with Crippen LogP contribution in [0.3, 0.4) is 0 Å². The standard InChI is InChI=1S/C12H15NO2/c1-4-5-6-7-10(2)8-12(15)11(9-14)13-3/h4-9,15H,1H2,2-3H3/b6-5-,10-7+,12-8+,13-11-. The maximum atomic E-state index is 10.4. The van der Waals surface area contributed by atoms with Gasteiger partial charge in [0.05, 0.1) is 0 Å². The number of allylic oxidation sites excluding steroid dienone is 7. The SMILES string of the molecule is C=C\C=C/C=C(C)/C=C(O)\C(C=O)=N/C. The van der Waals surface area contributed by atoms with Gasteiger partial charge in [0.1, 0.15) is 11.5 Å². The van der Waals surface area contributed by atoms with Gasteiger partial charge in [-0.05, 0) is 18.6 Å². The van der Waals surface area contributed by atoms with Gasteiger partial charge in [0.25, 0.3) is 0 Å². The van der Waals surface area contributed by atoms with Crippen LogP contribution in [-0.2, 0) is 4.79 Å². The van der Waals surface area contributed by atoms with Crippen LogP contribution in [0.5, 0.6) is 0 Å². The Balaban J connectivity index is 4.74. The Hall–Kier alpha value is -1.90. The normalized spacial score (nSPS) is 14.4. The van der Waals surface area contributed by atoms with Gasteiger partial charge in [-0.3, -0.25) is 9.79 Å². The van der Waals surface area contributed by atoms with Crippen molar-refractivity contribution in [2.75, 3.05) is 7.05 Å². The van der Waals surface area contributed by atoms with E-state index < -0.39 is 0 Å². The molecule has 0 aliphatic rings.